The van der Waals surface area contributed by atoms with Crippen molar-refractivity contribution in [3.63, 3.8) is 0 Å². The van der Waals surface area contributed by atoms with Gasteiger partial charge in [-0.2, -0.15) is 0 Å². The summed E-state index contributed by atoms with van der Waals surface area (Å²) in [6.45, 7) is 4.01. The highest BCUT2D eigenvalue weighted by Gasteiger charge is 2.46. The first kappa shape index (κ1) is 27.1. The smallest absolute Gasteiger partial charge is 0.279 e. The largest absolute Gasteiger partial charge is 0.496 e. The number of imidazole rings is 1. The maximum absolute atomic E-state index is 14.2. The molecule has 11 heteroatoms. The van der Waals surface area contributed by atoms with Crippen molar-refractivity contribution in [1.82, 2.24) is 14.1 Å². The number of carbonyl (C=O) groups is 2. The first-order valence-corrected chi connectivity index (χ1v) is 13.8. The van der Waals surface area contributed by atoms with E-state index in [1.807, 2.05) is 42.7 Å². The zero-order valence-corrected chi connectivity index (χ0v) is 24.6. The van der Waals surface area contributed by atoms with Gasteiger partial charge in [-0.15, -0.1) is 0 Å². The summed E-state index contributed by atoms with van der Waals surface area (Å²) in [5.41, 5.74) is 3.72. The number of methoxy groups -OCH3 is 1. The van der Waals surface area contributed by atoms with E-state index in [0.717, 1.165) is 16.8 Å². The number of aryl methyl sites for hydroxylation is 1. The van der Waals surface area contributed by atoms with Gasteiger partial charge in [-0.05, 0) is 49.2 Å². The van der Waals surface area contributed by atoms with Crippen LogP contribution in [0.25, 0.3) is 11.4 Å². The summed E-state index contributed by atoms with van der Waals surface area (Å²) < 4.78 is 9.13. The third-order valence-corrected chi connectivity index (χ3v) is 8.16. The van der Waals surface area contributed by atoms with Gasteiger partial charge < -0.3 is 18.8 Å². The second kappa shape index (κ2) is 9.78. The molecule has 4 aromatic rings. The van der Waals surface area contributed by atoms with E-state index in [1.54, 1.807) is 38.2 Å². The minimum atomic E-state index is -0.683. The molecule has 2 aliphatic heterocycles. The number of halogens is 2. The van der Waals surface area contributed by atoms with E-state index in [-0.39, 0.29) is 35.3 Å². The summed E-state index contributed by atoms with van der Waals surface area (Å²) in [6, 6.07) is 11.6. The summed E-state index contributed by atoms with van der Waals surface area (Å²) >= 11 is 12.6. The predicted octanol–water partition coefficient (Wildman–Crippen LogP) is 5.41. The molecule has 2 aliphatic rings. The number of hydrogen-bond donors (Lipinski definition) is 0. The number of pyridine rings is 1. The zero-order valence-electron chi connectivity index (χ0n) is 23.1. The molecule has 210 valence electrons. The van der Waals surface area contributed by atoms with Gasteiger partial charge in [0.2, 0.25) is 5.91 Å². The van der Waals surface area contributed by atoms with Crippen LogP contribution in [-0.4, -0.2) is 40.1 Å². The highest BCUT2D eigenvalue weighted by atomic mass is 35.5. The van der Waals surface area contributed by atoms with Crippen molar-refractivity contribution < 1.29 is 14.3 Å². The number of likely N-dealkylation sites (N-methyl/N-ethyl adjacent to an activating group) is 1. The molecular formula is C30H27Cl2N5O4. The van der Waals surface area contributed by atoms with Gasteiger partial charge in [0.05, 0.1) is 35.5 Å². The zero-order chi connectivity index (χ0) is 29.3. The number of rotatable bonds is 5. The van der Waals surface area contributed by atoms with Crippen molar-refractivity contribution in [2.45, 2.75) is 32.4 Å². The van der Waals surface area contributed by atoms with Crippen molar-refractivity contribution in [3.8, 4) is 17.1 Å². The molecule has 0 bridgehead atoms. The molecule has 0 aliphatic carbocycles. The van der Waals surface area contributed by atoms with Crippen LogP contribution in [0.15, 0.2) is 53.5 Å². The second-order valence-corrected chi connectivity index (χ2v) is 11.4. The second-order valence-electron chi connectivity index (χ2n) is 10.5. The third kappa shape index (κ3) is 4.14. The lowest BCUT2D eigenvalue weighted by molar-refractivity contribution is -0.117. The summed E-state index contributed by atoms with van der Waals surface area (Å²) in [4.78, 5) is 48.0. The highest BCUT2D eigenvalue weighted by Crippen LogP contribution is 2.46. The van der Waals surface area contributed by atoms with E-state index >= 15 is 0 Å². The van der Waals surface area contributed by atoms with Crippen molar-refractivity contribution in [2.24, 2.45) is 7.05 Å². The van der Waals surface area contributed by atoms with Gasteiger partial charge in [-0.1, -0.05) is 35.3 Å². The molecule has 0 unspecified atom stereocenters. The van der Waals surface area contributed by atoms with Crippen LogP contribution < -0.4 is 20.1 Å². The Morgan fingerprint density at radius 2 is 1.68 bits per heavy atom. The van der Waals surface area contributed by atoms with Crippen LogP contribution in [0.4, 0.5) is 11.4 Å². The molecular weight excluding hydrogens is 565 g/mol. The van der Waals surface area contributed by atoms with E-state index in [2.05, 4.69) is 0 Å². The van der Waals surface area contributed by atoms with Crippen molar-refractivity contribution in [3.05, 3.63) is 91.6 Å². The standard InChI is InChI=1S/C30H27Cl2N5O4/c1-15(2)36-27-25(33-28(36)20-10-17-11-24(38)35(4)21(17)13-23(20)41-5)30(40)37(22-12-19(32)14-34(3)29(22)39)26(27)16-6-8-18(31)9-7-16/h6-10,12-15,26H,11H2,1-5H3/t26-/m0/s1. The molecule has 2 aromatic heterocycles. The minimum absolute atomic E-state index is 0.00868. The summed E-state index contributed by atoms with van der Waals surface area (Å²) in [5, 5.41) is 0.869. The molecule has 0 fully saturated rings. The molecule has 9 nitrogen and oxygen atoms in total. The van der Waals surface area contributed by atoms with Crippen molar-refractivity contribution in [2.75, 3.05) is 24.0 Å². The molecule has 2 amide bonds. The van der Waals surface area contributed by atoms with Crippen molar-refractivity contribution in [1.29, 1.82) is 0 Å². The summed E-state index contributed by atoms with van der Waals surface area (Å²) in [6.07, 6.45) is 1.77. The molecule has 0 saturated carbocycles. The number of anilines is 2. The molecule has 0 spiro atoms. The number of aromatic nitrogens is 3. The predicted molar refractivity (Wildman–Crippen MR) is 159 cm³/mol. The maximum atomic E-state index is 14.2. The lowest BCUT2D eigenvalue weighted by Gasteiger charge is -2.28. The Labute approximate surface area is 246 Å². The normalized spacial score (nSPS) is 16.1. The lowest BCUT2D eigenvalue weighted by atomic mass is 10.0. The van der Waals surface area contributed by atoms with Crippen LogP contribution >= 0.6 is 23.2 Å². The monoisotopic (exact) mass is 591 g/mol. The fraction of sp³-hybridized carbons (Fsp3) is 0.267. The fourth-order valence-corrected chi connectivity index (χ4v) is 6.16. The number of nitrogens with zero attached hydrogens (tertiary/aromatic N) is 5. The van der Waals surface area contributed by atoms with Crippen LogP contribution in [0.3, 0.4) is 0 Å². The molecule has 2 aromatic carbocycles. The van der Waals surface area contributed by atoms with Gasteiger partial charge in [-0.3, -0.25) is 19.3 Å². The average molecular weight is 592 g/mol. The highest BCUT2D eigenvalue weighted by molar-refractivity contribution is 6.31. The van der Waals surface area contributed by atoms with Crippen LogP contribution in [0.1, 0.15) is 53.2 Å². The number of ether oxygens (including phenoxy) is 1. The van der Waals surface area contributed by atoms with Gasteiger partial charge in [-0.25, -0.2) is 4.98 Å². The average Bonchev–Trinajstić information content (AvgIpc) is 3.55. The molecule has 6 rings (SSSR count). The SMILES string of the molecule is COc1cc2c(cc1-c1nc3c(n1C(C)C)[C@H](c1ccc(Cl)cc1)N(c1cc(Cl)cn(C)c1=O)C3=O)CC(=O)N2C. The lowest BCUT2D eigenvalue weighted by Crippen LogP contribution is -2.36. The van der Waals surface area contributed by atoms with E-state index in [0.29, 0.717) is 32.9 Å². The first-order chi connectivity index (χ1) is 19.5. The van der Waals surface area contributed by atoms with Crippen LogP contribution in [0.2, 0.25) is 10.0 Å². The van der Waals surface area contributed by atoms with E-state index in [9.17, 15) is 14.4 Å². The van der Waals surface area contributed by atoms with Gasteiger partial charge in [0.1, 0.15) is 23.3 Å². The fourth-order valence-electron chi connectivity index (χ4n) is 5.78. The Kier molecular flexibility index (Phi) is 6.47. The Morgan fingerprint density at radius 3 is 2.34 bits per heavy atom. The van der Waals surface area contributed by atoms with Gasteiger partial charge in [0, 0.05) is 37.4 Å². The maximum Gasteiger partial charge on any atom is 0.279 e. The van der Waals surface area contributed by atoms with Crippen molar-refractivity contribution >= 4 is 46.4 Å². The Morgan fingerprint density at radius 1 is 0.976 bits per heavy atom. The molecule has 0 radical (unpaired) electrons. The van der Waals surface area contributed by atoms with E-state index < -0.39 is 11.9 Å². The topological polar surface area (TPSA) is 89.7 Å². The third-order valence-electron chi connectivity index (χ3n) is 7.70. The quantitative estimate of drug-likeness (QED) is 0.309. The van der Waals surface area contributed by atoms with Gasteiger partial charge >= 0.3 is 0 Å². The summed E-state index contributed by atoms with van der Waals surface area (Å²) in [5.74, 6) is 0.644. The van der Waals surface area contributed by atoms with Gasteiger partial charge in [0.25, 0.3) is 11.5 Å². The Bertz CT molecular complexity index is 1810. The number of carbonyl (C=O) groups excluding carboxylic acids is 2. The number of fused-ring (bicyclic) bond motifs is 2. The minimum Gasteiger partial charge on any atom is -0.496 e. The Balaban J connectivity index is 1.63. The molecule has 0 saturated heterocycles. The Hall–Kier alpha value is -4.08. The van der Waals surface area contributed by atoms with Gasteiger partial charge in [0.15, 0.2) is 5.69 Å². The summed E-state index contributed by atoms with van der Waals surface area (Å²) in [7, 11) is 4.90. The molecule has 0 N–H and O–H groups in total. The van der Waals surface area contributed by atoms with Crippen LogP contribution in [0, 0.1) is 0 Å². The number of benzene rings is 2. The molecule has 1 atom stereocenters. The molecule has 4 heterocycles. The number of amides is 2. The first-order valence-electron chi connectivity index (χ1n) is 13.1. The van der Waals surface area contributed by atoms with E-state index in [4.69, 9.17) is 32.9 Å². The van der Waals surface area contributed by atoms with Crippen LogP contribution in [0.5, 0.6) is 5.75 Å². The van der Waals surface area contributed by atoms with Crippen LogP contribution in [-0.2, 0) is 18.3 Å². The van der Waals surface area contributed by atoms with E-state index in [1.165, 1.54) is 21.7 Å². The molecule has 41 heavy (non-hydrogen) atoms. The number of hydrogen-bond acceptors (Lipinski definition) is 5.